The van der Waals surface area contributed by atoms with E-state index in [1.807, 2.05) is 20.8 Å². The molecule has 0 saturated heterocycles. The number of hydrogen-bond donors (Lipinski definition) is 0. The lowest BCUT2D eigenvalue weighted by molar-refractivity contribution is -0.397. The highest BCUT2D eigenvalue weighted by atomic mass is 19.4. The third-order valence-electron chi connectivity index (χ3n) is 4.74. The Morgan fingerprint density at radius 3 is 1.58 bits per heavy atom. The molecule has 6 nitrogen and oxygen atoms in total. The molecule has 0 spiro atoms. The van der Waals surface area contributed by atoms with Crippen LogP contribution in [0.1, 0.15) is 60.8 Å². The quantitative estimate of drug-likeness (QED) is 0.138. The molecule has 0 amide bonds. The van der Waals surface area contributed by atoms with E-state index >= 15 is 0 Å². The second-order valence-corrected chi connectivity index (χ2v) is 10.3. The first-order valence-electron chi connectivity index (χ1n) is 10.4. The monoisotopic (exact) mass is 548 g/mol. The summed E-state index contributed by atoms with van der Waals surface area (Å²) in [5.74, 6) is -24.1. The molecule has 15 heteroatoms. The maximum Gasteiger partial charge on any atom is 0.460 e. The summed E-state index contributed by atoms with van der Waals surface area (Å²) in [4.78, 5) is 35.4. The Morgan fingerprint density at radius 2 is 1.17 bits per heavy atom. The zero-order chi connectivity index (χ0) is 29.0. The van der Waals surface area contributed by atoms with Gasteiger partial charge in [0.1, 0.15) is 6.42 Å². The van der Waals surface area contributed by atoms with Gasteiger partial charge >= 0.3 is 41.9 Å². The maximum atomic E-state index is 13.4. The first-order valence-corrected chi connectivity index (χ1v) is 10.4. The average Bonchev–Trinajstić information content (AvgIpc) is 2.62. The molecule has 36 heavy (non-hydrogen) atoms. The smallest absolute Gasteiger partial charge is 0.460 e. The number of alkyl halides is 9. The van der Waals surface area contributed by atoms with Crippen LogP contribution in [0.5, 0.6) is 0 Å². The van der Waals surface area contributed by atoms with Crippen LogP contribution in [-0.2, 0) is 28.6 Å². The molecule has 0 heterocycles. The lowest BCUT2D eigenvalue weighted by atomic mass is 9.72. The number of carbonyl (C=O) groups excluding carboxylic acids is 3. The van der Waals surface area contributed by atoms with Gasteiger partial charge in [0.25, 0.3) is 0 Å². The van der Waals surface area contributed by atoms with Crippen LogP contribution in [0.3, 0.4) is 0 Å². The van der Waals surface area contributed by atoms with Crippen LogP contribution < -0.4 is 0 Å². The van der Waals surface area contributed by atoms with Crippen molar-refractivity contribution in [3.05, 3.63) is 0 Å². The Kier molecular flexibility index (Phi) is 10.7. The van der Waals surface area contributed by atoms with Crippen molar-refractivity contribution < 1.29 is 68.1 Å². The predicted octanol–water partition coefficient (Wildman–Crippen LogP) is 5.92. The summed E-state index contributed by atoms with van der Waals surface area (Å²) in [6, 6.07) is 0. The fraction of sp³-hybridized carbons (Fsp3) is 0.857. The molecule has 1 atom stereocenters. The molecule has 0 bridgehead atoms. The number of halogens is 9. The van der Waals surface area contributed by atoms with Crippen LogP contribution in [-0.4, -0.2) is 55.3 Å². The van der Waals surface area contributed by atoms with Gasteiger partial charge in [-0.25, -0.2) is 0 Å². The SMILES string of the molecule is CC(C)(C)CC(C(=O)OCOC(=O)CC(=O)OCCC(F)(F)C(F)(F)C(F)(F)C(F)(F)F)C(C)(C)C. The highest BCUT2D eigenvalue weighted by Crippen LogP contribution is 2.54. The van der Waals surface area contributed by atoms with Gasteiger partial charge in [-0.05, 0) is 17.3 Å². The lowest BCUT2D eigenvalue weighted by Crippen LogP contribution is -2.61. The van der Waals surface area contributed by atoms with E-state index < -0.39 is 79.4 Å². The van der Waals surface area contributed by atoms with Crippen molar-refractivity contribution in [3.8, 4) is 0 Å². The van der Waals surface area contributed by atoms with Crippen molar-refractivity contribution in [3.63, 3.8) is 0 Å². The van der Waals surface area contributed by atoms with E-state index in [1.54, 1.807) is 20.8 Å². The molecule has 0 N–H and O–H groups in total. The molecule has 212 valence electrons. The molecule has 0 saturated carbocycles. The second-order valence-electron chi connectivity index (χ2n) is 10.3. The molecule has 0 aliphatic rings. The minimum absolute atomic E-state index is 0.249. The van der Waals surface area contributed by atoms with E-state index in [0.717, 1.165) is 0 Å². The summed E-state index contributed by atoms with van der Waals surface area (Å²) < 4.78 is 128. The van der Waals surface area contributed by atoms with Crippen LogP contribution in [0.25, 0.3) is 0 Å². The molecule has 0 aromatic heterocycles. The van der Waals surface area contributed by atoms with Gasteiger partial charge in [-0.15, -0.1) is 0 Å². The molecular weight excluding hydrogens is 519 g/mol. The van der Waals surface area contributed by atoms with Crippen molar-refractivity contribution in [2.45, 2.75) is 84.7 Å². The first-order chi connectivity index (χ1) is 15.8. The van der Waals surface area contributed by atoms with Crippen molar-refractivity contribution >= 4 is 17.9 Å². The Balaban J connectivity index is 4.74. The van der Waals surface area contributed by atoms with E-state index in [9.17, 15) is 53.9 Å². The number of hydrogen-bond acceptors (Lipinski definition) is 6. The number of ether oxygens (including phenoxy) is 3. The van der Waals surface area contributed by atoms with E-state index in [1.165, 1.54) is 0 Å². The third-order valence-corrected chi connectivity index (χ3v) is 4.74. The predicted molar refractivity (Wildman–Crippen MR) is 105 cm³/mol. The van der Waals surface area contributed by atoms with Gasteiger partial charge in [0.05, 0.1) is 18.9 Å². The van der Waals surface area contributed by atoms with Crippen LogP contribution in [0.15, 0.2) is 0 Å². The maximum absolute atomic E-state index is 13.4. The number of carbonyl (C=O) groups is 3. The Bertz CT molecular complexity index is 780. The fourth-order valence-electron chi connectivity index (χ4n) is 2.69. The Hall–Kier alpha value is -2.22. The molecule has 0 fully saturated rings. The zero-order valence-corrected chi connectivity index (χ0v) is 20.5. The van der Waals surface area contributed by atoms with Crippen molar-refractivity contribution in [2.24, 2.45) is 16.7 Å². The molecular formula is C21H29F9O6. The van der Waals surface area contributed by atoms with Gasteiger partial charge in [0.15, 0.2) is 0 Å². The van der Waals surface area contributed by atoms with E-state index in [2.05, 4.69) is 9.47 Å². The largest absolute Gasteiger partial charge is 0.465 e. The van der Waals surface area contributed by atoms with Crippen LogP contribution in [0.4, 0.5) is 39.5 Å². The van der Waals surface area contributed by atoms with Gasteiger partial charge in [0.2, 0.25) is 6.79 Å². The van der Waals surface area contributed by atoms with Crippen molar-refractivity contribution in [1.29, 1.82) is 0 Å². The van der Waals surface area contributed by atoms with Crippen LogP contribution >= 0.6 is 0 Å². The molecule has 0 radical (unpaired) electrons. The Labute approximate surface area is 201 Å². The second kappa shape index (κ2) is 11.4. The molecule has 0 rings (SSSR count). The minimum Gasteiger partial charge on any atom is -0.465 e. The van der Waals surface area contributed by atoms with Gasteiger partial charge < -0.3 is 14.2 Å². The molecule has 0 aromatic carbocycles. The number of rotatable bonds is 11. The average molecular weight is 548 g/mol. The third kappa shape index (κ3) is 9.34. The normalized spacial score (nSPS) is 14.8. The highest BCUT2D eigenvalue weighted by molar-refractivity contribution is 5.91. The topological polar surface area (TPSA) is 78.9 Å². The standard InChI is InChI=1S/C21H29F9O6/c1-16(2,3)10-12(17(4,5)6)15(33)36-11-35-14(32)9-13(31)34-8-7-18(22,23)19(24,25)20(26,27)21(28,29)30/h12H,7-11H2,1-6H3. The fourth-order valence-corrected chi connectivity index (χ4v) is 2.69. The lowest BCUT2D eigenvalue weighted by Gasteiger charge is -2.33. The zero-order valence-electron chi connectivity index (χ0n) is 20.5. The molecule has 0 aliphatic heterocycles. The number of esters is 3. The summed E-state index contributed by atoms with van der Waals surface area (Å²) in [5.41, 5.74) is -0.762. The summed E-state index contributed by atoms with van der Waals surface area (Å²) in [7, 11) is 0. The summed E-state index contributed by atoms with van der Waals surface area (Å²) in [6.45, 7) is 8.41. The van der Waals surface area contributed by atoms with Gasteiger partial charge in [-0.2, -0.15) is 39.5 Å². The Morgan fingerprint density at radius 1 is 0.694 bits per heavy atom. The van der Waals surface area contributed by atoms with Crippen LogP contribution in [0, 0.1) is 16.7 Å². The van der Waals surface area contributed by atoms with Crippen molar-refractivity contribution in [2.75, 3.05) is 13.4 Å². The molecule has 0 aromatic rings. The van der Waals surface area contributed by atoms with E-state index in [0.29, 0.717) is 6.42 Å². The molecule has 0 aliphatic carbocycles. The first kappa shape index (κ1) is 33.8. The summed E-state index contributed by atoms with van der Waals surface area (Å²) >= 11 is 0. The summed E-state index contributed by atoms with van der Waals surface area (Å²) in [6.07, 6.45) is -10.2. The van der Waals surface area contributed by atoms with Crippen LogP contribution in [0.2, 0.25) is 0 Å². The van der Waals surface area contributed by atoms with E-state index in [4.69, 9.17) is 4.74 Å². The van der Waals surface area contributed by atoms with Crippen molar-refractivity contribution in [1.82, 2.24) is 0 Å². The minimum atomic E-state index is -7.06. The van der Waals surface area contributed by atoms with Gasteiger partial charge in [0, 0.05) is 0 Å². The van der Waals surface area contributed by atoms with Gasteiger partial charge in [-0.3, -0.25) is 14.4 Å². The highest BCUT2D eigenvalue weighted by Gasteiger charge is 2.81. The molecule has 1 unspecified atom stereocenters. The summed E-state index contributed by atoms with van der Waals surface area (Å²) in [5, 5.41) is 0. The van der Waals surface area contributed by atoms with E-state index in [-0.39, 0.29) is 5.41 Å². The van der Waals surface area contributed by atoms with Gasteiger partial charge in [-0.1, -0.05) is 41.5 Å².